The SMILES string of the molecule is C=C(c1ccccc1)c1c(SC)ccc2ccccc12. The molecular weight excluding hydrogens is 260 g/mol. The minimum absolute atomic E-state index is 1.09. The summed E-state index contributed by atoms with van der Waals surface area (Å²) in [6.07, 6.45) is 2.12. The summed E-state index contributed by atoms with van der Waals surface area (Å²) in [4.78, 5) is 1.28. The fourth-order valence-electron chi connectivity index (χ4n) is 2.52. The lowest BCUT2D eigenvalue weighted by Crippen LogP contribution is -1.91. The van der Waals surface area contributed by atoms with Gasteiger partial charge >= 0.3 is 0 Å². The van der Waals surface area contributed by atoms with Crippen molar-refractivity contribution in [3.63, 3.8) is 0 Å². The summed E-state index contributed by atoms with van der Waals surface area (Å²) in [7, 11) is 0. The maximum Gasteiger partial charge on any atom is 0.0154 e. The van der Waals surface area contributed by atoms with Crippen molar-refractivity contribution in [1.82, 2.24) is 0 Å². The maximum atomic E-state index is 4.34. The van der Waals surface area contributed by atoms with E-state index in [1.165, 1.54) is 26.8 Å². The van der Waals surface area contributed by atoms with Crippen molar-refractivity contribution in [2.75, 3.05) is 6.26 Å². The Balaban J connectivity index is 2.26. The molecule has 3 aromatic carbocycles. The van der Waals surface area contributed by atoms with E-state index < -0.39 is 0 Å². The highest BCUT2D eigenvalue weighted by Gasteiger charge is 2.11. The standard InChI is InChI=1S/C19H16S/c1-14(15-8-4-3-5-9-15)19-17-11-7-6-10-16(17)12-13-18(19)20-2/h3-13H,1H2,2H3. The molecule has 0 amide bonds. The predicted molar refractivity (Wildman–Crippen MR) is 90.3 cm³/mol. The zero-order chi connectivity index (χ0) is 13.9. The first-order chi connectivity index (χ1) is 9.81. The predicted octanol–water partition coefficient (Wildman–Crippen LogP) is 5.62. The zero-order valence-corrected chi connectivity index (χ0v) is 12.3. The molecule has 0 atom stereocenters. The highest BCUT2D eigenvalue weighted by atomic mass is 32.2. The maximum absolute atomic E-state index is 4.34. The number of hydrogen-bond donors (Lipinski definition) is 0. The van der Waals surface area contributed by atoms with E-state index >= 15 is 0 Å². The molecule has 0 bridgehead atoms. The largest absolute Gasteiger partial charge is 0.129 e. The molecule has 0 saturated heterocycles. The number of thioether (sulfide) groups is 1. The van der Waals surface area contributed by atoms with Crippen molar-refractivity contribution < 1.29 is 0 Å². The fourth-order valence-corrected chi connectivity index (χ4v) is 3.16. The van der Waals surface area contributed by atoms with E-state index in [2.05, 4.69) is 73.5 Å². The van der Waals surface area contributed by atoms with E-state index in [9.17, 15) is 0 Å². The second-order valence-electron chi connectivity index (χ2n) is 4.71. The van der Waals surface area contributed by atoms with Gasteiger partial charge in [0.15, 0.2) is 0 Å². The van der Waals surface area contributed by atoms with E-state index in [1.54, 1.807) is 11.8 Å². The molecule has 0 N–H and O–H groups in total. The summed E-state index contributed by atoms with van der Waals surface area (Å²) in [5, 5.41) is 2.53. The van der Waals surface area contributed by atoms with Gasteiger partial charge in [0.2, 0.25) is 0 Å². The van der Waals surface area contributed by atoms with Crippen LogP contribution in [0, 0.1) is 0 Å². The van der Waals surface area contributed by atoms with Gasteiger partial charge in [-0.3, -0.25) is 0 Å². The summed E-state index contributed by atoms with van der Waals surface area (Å²) >= 11 is 1.77. The monoisotopic (exact) mass is 276 g/mol. The summed E-state index contributed by atoms with van der Waals surface area (Å²) < 4.78 is 0. The van der Waals surface area contributed by atoms with Crippen LogP contribution in [0.15, 0.2) is 78.2 Å². The van der Waals surface area contributed by atoms with Crippen LogP contribution in [0.5, 0.6) is 0 Å². The molecule has 3 rings (SSSR count). The van der Waals surface area contributed by atoms with Gasteiger partial charge in [-0.05, 0) is 34.2 Å². The smallest absolute Gasteiger partial charge is 0.0154 e. The Morgan fingerprint density at radius 3 is 2.30 bits per heavy atom. The van der Waals surface area contributed by atoms with Gasteiger partial charge in [0.1, 0.15) is 0 Å². The molecule has 20 heavy (non-hydrogen) atoms. The van der Waals surface area contributed by atoms with Gasteiger partial charge in [-0.2, -0.15) is 0 Å². The molecule has 3 aromatic rings. The lowest BCUT2D eigenvalue weighted by molar-refractivity contribution is 1.43. The van der Waals surface area contributed by atoms with Crippen molar-refractivity contribution in [2.24, 2.45) is 0 Å². The molecule has 0 saturated carbocycles. The minimum atomic E-state index is 1.09. The molecule has 1 heteroatoms. The van der Waals surface area contributed by atoms with Crippen LogP contribution in [0.1, 0.15) is 11.1 Å². The Hall–Kier alpha value is -1.99. The highest BCUT2D eigenvalue weighted by Crippen LogP contribution is 2.35. The van der Waals surface area contributed by atoms with Gasteiger partial charge in [-0.1, -0.05) is 67.2 Å². The first-order valence-electron chi connectivity index (χ1n) is 6.61. The van der Waals surface area contributed by atoms with Gasteiger partial charge in [0.05, 0.1) is 0 Å². The van der Waals surface area contributed by atoms with Crippen molar-refractivity contribution in [2.45, 2.75) is 4.90 Å². The molecule has 0 aromatic heterocycles. The van der Waals surface area contributed by atoms with Crippen LogP contribution < -0.4 is 0 Å². The Morgan fingerprint density at radius 2 is 1.55 bits per heavy atom. The van der Waals surface area contributed by atoms with Crippen LogP contribution in [-0.4, -0.2) is 6.26 Å². The van der Waals surface area contributed by atoms with Crippen molar-refractivity contribution in [1.29, 1.82) is 0 Å². The van der Waals surface area contributed by atoms with Crippen LogP contribution in [0.25, 0.3) is 16.3 Å². The lowest BCUT2D eigenvalue weighted by Gasteiger charge is -2.14. The van der Waals surface area contributed by atoms with Gasteiger partial charge in [0.25, 0.3) is 0 Å². The third-order valence-corrected chi connectivity index (χ3v) is 4.31. The molecular formula is C19H16S. The normalized spacial score (nSPS) is 10.7. The van der Waals surface area contributed by atoms with Crippen LogP contribution in [-0.2, 0) is 0 Å². The first-order valence-corrected chi connectivity index (χ1v) is 7.84. The molecule has 0 aliphatic carbocycles. The van der Waals surface area contributed by atoms with E-state index in [0.717, 1.165) is 5.57 Å². The quantitative estimate of drug-likeness (QED) is 0.559. The Labute approximate surface area is 124 Å². The minimum Gasteiger partial charge on any atom is -0.129 e. The van der Waals surface area contributed by atoms with Gasteiger partial charge < -0.3 is 0 Å². The van der Waals surface area contributed by atoms with Crippen molar-refractivity contribution in [3.05, 3.63) is 84.4 Å². The molecule has 0 aliphatic heterocycles. The number of fused-ring (bicyclic) bond motifs is 1. The lowest BCUT2D eigenvalue weighted by atomic mass is 9.94. The zero-order valence-electron chi connectivity index (χ0n) is 11.5. The van der Waals surface area contributed by atoms with E-state index in [-0.39, 0.29) is 0 Å². The fraction of sp³-hybridized carbons (Fsp3) is 0.0526. The Morgan fingerprint density at radius 1 is 0.850 bits per heavy atom. The topological polar surface area (TPSA) is 0 Å². The average molecular weight is 276 g/mol. The summed E-state index contributed by atoms with van der Waals surface area (Å²) in [6, 6.07) is 23.3. The van der Waals surface area contributed by atoms with Crippen molar-refractivity contribution in [3.8, 4) is 0 Å². The second-order valence-corrected chi connectivity index (χ2v) is 5.56. The molecule has 0 heterocycles. The average Bonchev–Trinajstić information content (AvgIpc) is 2.54. The summed E-state index contributed by atoms with van der Waals surface area (Å²) in [5.41, 5.74) is 3.52. The Kier molecular flexibility index (Phi) is 3.62. The molecule has 0 spiro atoms. The van der Waals surface area contributed by atoms with Gasteiger partial charge in [-0.25, -0.2) is 0 Å². The number of rotatable bonds is 3. The first kappa shape index (κ1) is 13.0. The summed E-state index contributed by atoms with van der Waals surface area (Å²) in [5.74, 6) is 0. The van der Waals surface area contributed by atoms with Gasteiger partial charge in [-0.15, -0.1) is 11.8 Å². The third kappa shape index (κ3) is 2.25. The van der Waals surface area contributed by atoms with E-state index in [4.69, 9.17) is 0 Å². The van der Waals surface area contributed by atoms with E-state index in [0.29, 0.717) is 0 Å². The molecule has 0 aliphatic rings. The molecule has 0 nitrogen and oxygen atoms in total. The summed E-state index contributed by atoms with van der Waals surface area (Å²) in [6.45, 7) is 4.34. The molecule has 0 fully saturated rings. The van der Waals surface area contributed by atoms with Crippen LogP contribution in [0.4, 0.5) is 0 Å². The molecule has 98 valence electrons. The van der Waals surface area contributed by atoms with Crippen molar-refractivity contribution >= 4 is 28.1 Å². The second kappa shape index (κ2) is 5.56. The van der Waals surface area contributed by atoms with Gasteiger partial charge in [0, 0.05) is 10.5 Å². The third-order valence-electron chi connectivity index (χ3n) is 3.53. The highest BCUT2D eigenvalue weighted by molar-refractivity contribution is 7.98. The molecule has 0 radical (unpaired) electrons. The van der Waals surface area contributed by atoms with Crippen LogP contribution >= 0.6 is 11.8 Å². The van der Waals surface area contributed by atoms with E-state index in [1.807, 2.05) is 6.07 Å². The number of benzene rings is 3. The molecule has 0 unspecified atom stereocenters. The van der Waals surface area contributed by atoms with Crippen LogP contribution in [0.2, 0.25) is 0 Å². The Bertz CT molecular complexity index is 757. The van der Waals surface area contributed by atoms with Crippen LogP contribution in [0.3, 0.4) is 0 Å². The number of hydrogen-bond acceptors (Lipinski definition) is 1.